The smallest absolute Gasteiger partial charge is 0.269 e. The zero-order chi connectivity index (χ0) is 15.2. The maximum absolute atomic E-state index is 11.8. The van der Waals surface area contributed by atoms with Crippen LogP contribution in [0.15, 0.2) is 29.2 Å². The first kappa shape index (κ1) is 15.4. The quantitative estimate of drug-likeness (QED) is 0.498. The van der Waals surface area contributed by atoms with Gasteiger partial charge in [-0.1, -0.05) is 18.3 Å². The van der Waals surface area contributed by atoms with Gasteiger partial charge in [0.1, 0.15) is 5.01 Å². The summed E-state index contributed by atoms with van der Waals surface area (Å²) in [6.07, 6.45) is 0.783. The minimum Gasteiger partial charge on any atom is -0.300 e. The number of rotatable bonds is 6. The van der Waals surface area contributed by atoms with Crippen LogP contribution in [-0.2, 0) is 11.2 Å². The summed E-state index contributed by atoms with van der Waals surface area (Å²) in [6.45, 7) is 1.97. The van der Waals surface area contributed by atoms with E-state index >= 15 is 0 Å². The zero-order valence-electron chi connectivity index (χ0n) is 11.1. The van der Waals surface area contributed by atoms with Gasteiger partial charge in [0.05, 0.1) is 10.7 Å². The Kier molecular flexibility index (Phi) is 5.23. The number of benzene rings is 1. The molecule has 0 aliphatic carbocycles. The second kappa shape index (κ2) is 7.14. The van der Waals surface area contributed by atoms with E-state index in [4.69, 9.17) is 0 Å². The Bertz CT molecular complexity index is 642. The van der Waals surface area contributed by atoms with Crippen LogP contribution in [0.3, 0.4) is 0 Å². The molecular weight excluding hydrogens is 312 g/mol. The highest BCUT2D eigenvalue weighted by Crippen LogP contribution is 2.22. The number of carbonyl (C=O) groups excluding carboxylic acids is 1. The van der Waals surface area contributed by atoms with Crippen molar-refractivity contribution in [2.24, 2.45) is 0 Å². The standard InChI is InChI=1S/C12H12N4O3S2/c1-2-11-14-15-12(21-11)13-10(17)7-20-9-5-3-8(4-6-9)16(18)19/h3-6H,2,7H2,1H3,(H,13,15,17). The normalized spacial score (nSPS) is 10.3. The monoisotopic (exact) mass is 324 g/mol. The summed E-state index contributed by atoms with van der Waals surface area (Å²) >= 11 is 2.65. The minimum atomic E-state index is -0.456. The molecule has 21 heavy (non-hydrogen) atoms. The zero-order valence-corrected chi connectivity index (χ0v) is 12.7. The van der Waals surface area contributed by atoms with Gasteiger partial charge in [-0.05, 0) is 18.6 Å². The number of aryl methyl sites for hydroxylation is 1. The molecule has 1 heterocycles. The molecule has 2 rings (SSSR count). The van der Waals surface area contributed by atoms with Crippen LogP contribution in [0.2, 0.25) is 0 Å². The van der Waals surface area contributed by atoms with Crippen molar-refractivity contribution in [1.29, 1.82) is 0 Å². The molecule has 0 saturated heterocycles. The molecule has 0 radical (unpaired) electrons. The summed E-state index contributed by atoms with van der Waals surface area (Å²) in [5.74, 6) is 0.0240. The lowest BCUT2D eigenvalue weighted by Gasteiger charge is -2.01. The number of non-ortho nitro benzene ring substituents is 1. The van der Waals surface area contributed by atoms with E-state index in [1.807, 2.05) is 6.92 Å². The van der Waals surface area contributed by atoms with Crippen LogP contribution in [0.4, 0.5) is 10.8 Å². The number of thioether (sulfide) groups is 1. The molecule has 0 saturated carbocycles. The van der Waals surface area contributed by atoms with Gasteiger partial charge in [0.2, 0.25) is 11.0 Å². The van der Waals surface area contributed by atoms with E-state index in [9.17, 15) is 14.9 Å². The number of aromatic nitrogens is 2. The predicted octanol–water partition coefficient (Wildman–Crippen LogP) is 2.74. The van der Waals surface area contributed by atoms with Crippen molar-refractivity contribution in [1.82, 2.24) is 10.2 Å². The van der Waals surface area contributed by atoms with Gasteiger partial charge in [-0.25, -0.2) is 0 Å². The Hall–Kier alpha value is -2.00. The van der Waals surface area contributed by atoms with Crippen molar-refractivity contribution in [3.8, 4) is 0 Å². The molecule has 0 aliphatic heterocycles. The lowest BCUT2D eigenvalue weighted by molar-refractivity contribution is -0.384. The fourth-order valence-corrected chi connectivity index (χ4v) is 2.81. The van der Waals surface area contributed by atoms with Crippen LogP contribution in [-0.4, -0.2) is 26.8 Å². The fraction of sp³-hybridized carbons (Fsp3) is 0.250. The summed E-state index contributed by atoms with van der Waals surface area (Å²) in [6, 6.07) is 6.07. The van der Waals surface area contributed by atoms with Gasteiger partial charge in [0.15, 0.2) is 0 Å². The molecule has 0 unspecified atom stereocenters. The third-order valence-electron chi connectivity index (χ3n) is 2.43. The van der Waals surface area contributed by atoms with Gasteiger partial charge in [-0.3, -0.25) is 20.2 Å². The molecule has 1 amide bonds. The summed E-state index contributed by atoms with van der Waals surface area (Å²) < 4.78 is 0. The number of nitro benzene ring substituents is 1. The van der Waals surface area contributed by atoms with Crippen molar-refractivity contribution in [2.75, 3.05) is 11.1 Å². The number of nitrogens with one attached hydrogen (secondary N) is 1. The Labute approximate surface area is 128 Å². The van der Waals surface area contributed by atoms with E-state index in [0.29, 0.717) is 5.13 Å². The fourth-order valence-electron chi connectivity index (χ4n) is 1.42. The summed E-state index contributed by atoms with van der Waals surface area (Å²) in [4.78, 5) is 22.6. The molecule has 7 nitrogen and oxygen atoms in total. The van der Waals surface area contributed by atoms with Gasteiger partial charge >= 0.3 is 0 Å². The molecule has 0 atom stereocenters. The lowest BCUT2D eigenvalue weighted by atomic mass is 10.3. The van der Waals surface area contributed by atoms with Gasteiger partial charge in [-0.2, -0.15) is 0 Å². The minimum absolute atomic E-state index is 0.0322. The van der Waals surface area contributed by atoms with E-state index in [-0.39, 0.29) is 17.3 Å². The molecule has 1 aromatic heterocycles. The third kappa shape index (κ3) is 4.50. The van der Waals surface area contributed by atoms with Crippen molar-refractivity contribution in [3.05, 3.63) is 39.4 Å². The van der Waals surface area contributed by atoms with Gasteiger partial charge in [0.25, 0.3) is 5.69 Å². The summed E-state index contributed by atoms with van der Waals surface area (Å²) in [7, 11) is 0. The van der Waals surface area contributed by atoms with E-state index in [1.165, 1.54) is 35.2 Å². The van der Waals surface area contributed by atoms with Crippen LogP contribution in [0, 0.1) is 10.1 Å². The average molecular weight is 324 g/mol. The molecule has 0 aliphatic rings. The number of nitro groups is 1. The van der Waals surface area contributed by atoms with Crippen LogP contribution >= 0.6 is 23.1 Å². The molecule has 2 aromatic rings. The SMILES string of the molecule is CCc1nnc(NC(=O)CSc2ccc([N+](=O)[O-])cc2)s1. The van der Waals surface area contributed by atoms with E-state index < -0.39 is 4.92 Å². The number of anilines is 1. The predicted molar refractivity (Wildman–Crippen MR) is 81.7 cm³/mol. The second-order valence-corrected chi connectivity index (χ2v) is 6.05. The van der Waals surface area contributed by atoms with Crippen molar-refractivity contribution in [3.63, 3.8) is 0 Å². The molecule has 0 bridgehead atoms. The van der Waals surface area contributed by atoms with Crippen molar-refractivity contribution >= 4 is 39.8 Å². The maximum Gasteiger partial charge on any atom is 0.269 e. The first-order chi connectivity index (χ1) is 10.1. The van der Waals surface area contributed by atoms with Gasteiger partial charge in [0, 0.05) is 17.0 Å². The Morgan fingerprint density at radius 2 is 2.10 bits per heavy atom. The second-order valence-electron chi connectivity index (χ2n) is 3.94. The maximum atomic E-state index is 11.8. The highest BCUT2D eigenvalue weighted by molar-refractivity contribution is 8.00. The molecule has 1 aromatic carbocycles. The largest absolute Gasteiger partial charge is 0.300 e. The molecular formula is C12H12N4O3S2. The first-order valence-corrected chi connectivity index (χ1v) is 7.88. The Morgan fingerprint density at radius 3 is 2.67 bits per heavy atom. The van der Waals surface area contributed by atoms with E-state index in [2.05, 4.69) is 15.5 Å². The number of nitrogens with zero attached hydrogens (tertiary/aromatic N) is 3. The molecule has 0 spiro atoms. The van der Waals surface area contributed by atoms with Crippen LogP contribution in [0.5, 0.6) is 0 Å². The lowest BCUT2D eigenvalue weighted by Crippen LogP contribution is -2.13. The van der Waals surface area contributed by atoms with Crippen LogP contribution < -0.4 is 5.32 Å². The highest BCUT2D eigenvalue weighted by atomic mass is 32.2. The van der Waals surface area contributed by atoms with Crippen LogP contribution in [0.1, 0.15) is 11.9 Å². The van der Waals surface area contributed by atoms with Crippen molar-refractivity contribution < 1.29 is 9.72 Å². The topological polar surface area (TPSA) is 98.0 Å². The molecule has 0 fully saturated rings. The average Bonchev–Trinajstić information content (AvgIpc) is 2.93. The summed E-state index contributed by atoms with van der Waals surface area (Å²) in [5, 5.41) is 22.3. The highest BCUT2D eigenvalue weighted by Gasteiger charge is 2.09. The van der Waals surface area contributed by atoms with Crippen LogP contribution in [0.25, 0.3) is 0 Å². The number of hydrogen-bond acceptors (Lipinski definition) is 7. The van der Waals surface area contributed by atoms with Gasteiger partial charge < -0.3 is 0 Å². The summed E-state index contributed by atoms with van der Waals surface area (Å²) in [5.41, 5.74) is 0.0322. The van der Waals surface area contributed by atoms with E-state index in [1.54, 1.807) is 12.1 Å². The van der Waals surface area contributed by atoms with Gasteiger partial charge in [-0.15, -0.1) is 22.0 Å². The number of carbonyl (C=O) groups is 1. The third-order valence-corrected chi connectivity index (χ3v) is 4.43. The van der Waals surface area contributed by atoms with Crippen molar-refractivity contribution in [2.45, 2.75) is 18.2 Å². The number of amides is 1. The molecule has 110 valence electrons. The van der Waals surface area contributed by atoms with E-state index in [0.717, 1.165) is 16.3 Å². The Morgan fingerprint density at radius 1 is 1.38 bits per heavy atom. The molecule has 1 N–H and O–H groups in total. The number of hydrogen-bond donors (Lipinski definition) is 1. The Balaban J connectivity index is 1.84. The first-order valence-electron chi connectivity index (χ1n) is 6.08. The molecule has 9 heteroatoms.